The SMILES string of the molecule is Cc1cc(C)c(C(C)NC(CCO)C(C)C)c(C)n1. The molecule has 1 aromatic heterocycles. The van der Waals surface area contributed by atoms with Gasteiger partial charge in [-0.1, -0.05) is 13.8 Å². The summed E-state index contributed by atoms with van der Waals surface area (Å²) in [7, 11) is 0. The Morgan fingerprint density at radius 1 is 1.21 bits per heavy atom. The Labute approximate surface area is 117 Å². The maximum absolute atomic E-state index is 9.16. The molecule has 1 rings (SSSR count). The van der Waals surface area contributed by atoms with E-state index in [-0.39, 0.29) is 12.6 Å². The molecular weight excluding hydrogens is 236 g/mol. The normalized spacial score (nSPS) is 14.7. The minimum Gasteiger partial charge on any atom is -0.396 e. The van der Waals surface area contributed by atoms with Crippen molar-refractivity contribution in [3.8, 4) is 0 Å². The zero-order valence-electron chi connectivity index (χ0n) is 13.1. The lowest BCUT2D eigenvalue weighted by Gasteiger charge is -2.28. The lowest BCUT2D eigenvalue weighted by Crippen LogP contribution is -2.37. The largest absolute Gasteiger partial charge is 0.396 e. The smallest absolute Gasteiger partial charge is 0.0445 e. The lowest BCUT2D eigenvalue weighted by atomic mass is 9.96. The molecule has 0 aromatic carbocycles. The molecule has 2 atom stereocenters. The highest BCUT2D eigenvalue weighted by atomic mass is 16.3. The number of nitrogens with zero attached hydrogens (tertiary/aromatic N) is 1. The van der Waals surface area contributed by atoms with Crippen LogP contribution in [-0.2, 0) is 0 Å². The maximum atomic E-state index is 9.16. The van der Waals surface area contributed by atoms with E-state index in [1.165, 1.54) is 11.1 Å². The summed E-state index contributed by atoms with van der Waals surface area (Å²) >= 11 is 0. The Kier molecular flexibility index (Phi) is 5.95. The van der Waals surface area contributed by atoms with Gasteiger partial charge in [0.05, 0.1) is 0 Å². The molecule has 0 saturated heterocycles. The Hall–Kier alpha value is -0.930. The van der Waals surface area contributed by atoms with Crippen LogP contribution in [0.25, 0.3) is 0 Å². The highest BCUT2D eigenvalue weighted by molar-refractivity contribution is 5.33. The lowest BCUT2D eigenvalue weighted by molar-refractivity contribution is 0.237. The molecule has 0 radical (unpaired) electrons. The number of pyridine rings is 1. The van der Waals surface area contributed by atoms with Gasteiger partial charge in [-0.05, 0) is 57.2 Å². The average molecular weight is 264 g/mol. The van der Waals surface area contributed by atoms with Gasteiger partial charge in [0, 0.05) is 30.1 Å². The first-order chi connectivity index (χ1) is 8.86. The summed E-state index contributed by atoms with van der Waals surface area (Å²) < 4.78 is 0. The van der Waals surface area contributed by atoms with Crippen LogP contribution in [0.5, 0.6) is 0 Å². The van der Waals surface area contributed by atoms with Crippen LogP contribution < -0.4 is 5.32 Å². The molecule has 2 N–H and O–H groups in total. The summed E-state index contributed by atoms with van der Waals surface area (Å²) in [5, 5.41) is 12.8. The van der Waals surface area contributed by atoms with Crippen molar-refractivity contribution in [2.75, 3.05) is 6.61 Å². The number of aromatic nitrogens is 1. The zero-order chi connectivity index (χ0) is 14.6. The molecule has 0 aliphatic carbocycles. The molecule has 1 heterocycles. The molecule has 3 nitrogen and oxygen atoms in total. The van der Waals surface area contributed by atoms with Crippen molar-refractivity contribution in [2.24, 2.45) is 5.92 Å². The van der Waals surface area contributed by atoms with Gasteiger partial charge in [-0.2, -0.15) is 0 Å². The van der Waals surface area contributed by atoms with Gasteiger partial charge in [-0.3, -0.25) is 4.98 Å². The van der Waals surface area contributed by atoms with Crippen LogP contribution in [0.3, 0.4) is 0 Å². The molecular formula is C16H28N2O. The second-order valence-corrected chi connectivity index (χ2v) is 5.83. The molecule has 0 aliphatic rings. The van der Waals surface area contributed by atoms with Crippen LogP contribution >= 0.6 is 0 Å². The Morgan fingerprint density at radius 2 is 1.84 bits per heavy atom. The van der Waals surface area contributed by atoms with E-state index in [0.717, 1.165) is 17.8 Å². The predicted molar refractivity (Wildman–Crippen MR) is 80.3 cm³/mol. The molecule has 0 bridgehead atoms. The molecule has 2 unspecified atom stereocenters. The Bertz CT molecular complexity index is 392. The van der Waals surface area contributed by atoms with Crippen molar-refractivity contribution in [3.05, 3.63) is 28.6 Å². The Morgan fingerprint density at radius 3 is 2.32 bits per heavy atom. The number of aryl methyl sites for hydroxylation is 3. The summed E-state index contributed by atoms with van der Waals surface area (Å²) in [6.07, 6.45) is 0.791. The summed E-state index contributed by atoms with van der Waals surface area (Å²) in [6.45, 7) is 13.0. The van der Waals surface area contributed by atoms with E-state index in [4.69, 9.17) is 5.11 Å². The van der Waals surface area contributed by atoms with Crippen molar-refractivity contribution in [3.63, 3.8) is 0 Å². The summed E-state index contributed by atoms with van der Waals surface area (Å²) in [4.78, 5) is 4.56. The van der Waals surface area contributed by atoms with Crippen molar-refractivity contribution in [2.45, 2.75) is 60.0 Å². The number of hydrogen-bond donors (Lipinski definition) is 2. The Balaban J connectivity index is 2.91. The van der Waals surface area contributed by atoms with Gasteiger partial charge in [0.25, 0.3) is 0 Å². The van der Waals surface area contributed by atoms with Gasteiger partial charge in [0.1, 0.15) is 0 Å². The molecule has 0 saturated carbocycles. The number of nitrogens with one attached hydrogen (secondary N) is 1. The van der Waals surface area contributed by atoms with Crippen LogP contribution in [0.1, 0.15) is 55.7 Å². The van der Waals surface area contributed by atoms with Gasteiger partial charge in [-0.25, -0.2) is 0 Å². The highest BCUT2D eigenvalue weighted by Gasteiger charge is 2.19. The second-order valence-electron chi connectivity index (χ2n) is 5.83. The molecule has 108 valence electrons. The second kappa shape index (κ2) is 7.01. The van der Waals surface area contributed by atoms with Crippen LogP contribution in [-0.4, -0.2) is 22.7 Å². The van der Waals surface area contributed by atoms with E-state index >= 15 is 0 Å². The van der Waals surface area contributed by atoms with Gasteiger partial charge >= 0.3 is 0 Å². The van der Waals surface area contributed by atoms with Crippen molar-refractivity contribution in [1.29, 1.82) is 0 Å². The minimum absolute atomic E-state index is 0.229. The molecule has 0 aliphatic heterocycles. The number of rotatable bonds is 6. The third kappa shape index (κ3) is 4.29. The predicted octanol–water partition coefficient (Wildman–Crippen LogP) is 3.06. The van der Waals surface area contributed by atoms with E-state index in [2.05, 4.69) is 51.0 Å². The quantitative estimate of drug-likeness (QED) is 0.830. The van der Waals surface area contributed by atoms with Gasteiger partial charge < -0.3 is 10.4 Å². The summed E-state index contributed by atoms with van der Waals surface area (Å²) in [6, 6.07) is 2.73. The third-order valence-electron chi connectivity index (χ3n) is 3.73. The molecule has 0 amide bonds. The van der Waals surface area contributed by atoms with Gasteiger partial charge in [0.15, 0.2) is 0 Å². The van der Waals surface area contributed by atoms with Crippen LogP contribution in [0.2, 0.25) is 0 Å². The molecule has 0 spiro atoms. The monoisotopic (exact) mass is 264 g/mol. The van der Waals surface area contributed by atoms with E-state index in [0.29, 0.717) is 12.0 Å². The average Bonchev–Trinajstić information content (AvgIpc) is 2.26. The molecule has 1 aromatic rings. The van der Waals surface area contributed by atoms with Crippen LogP contribution in [0.4, 0.5) is 0 Å². The van der Waals surface area contributed by atoms with E-state index in [1.807, 2.05) is 6.92 Å². The van der Waals surface area contributed by atoms with Crippen LogP contribution in [0, 0.1) is 26.7 Å². The molecule has 19 heavy (non-hydrogen) atoms. The topological polar surface area (TPSA) is 45.1 Å². The zero-order valence-corrected chi connectivity index (χ0v) is 13.1. The van der Waals surface area contributed by atoms with E-state index in [1.54, 1.807) is 0 Å². The molecule has 0 fully saturated rings. The van der Waals surface area contributed by atoms with Gasteiger partial charge in [0.2, 0.25) is 0 Å². The van der Waals surface area contributed by atoms with Crippen molar-refractivity contribution in [1.82, 2.24) is 10.3 Å². The van der Waals surface area contributed by atoms with Crippen molar-refractivity contribution >= 4 is 0 Å². The van der Waals surface area contributed by atoms with Gasteiger partial charge in [-0.15, -0.1) is 0 Å². The number of aliphatic hydroxyl groups excluding tert-OH is 1. The third-order valence-corrected chi connectivity index (χ3v) is 3.73. The fourth-order valence-electron chi connectivity index (χ4n) is 2.84. The fraction of sp³-hybridized carbons (Fsp3) is 0.688. The highest BCUT2D eigenvalue weighted by Crippen LogP contribution is 2.23. The fourth-order valence-corrected chi connectivity index (χ4v) is 2.84. The van der Waals surface area contributed by atoms with Crippen LogP contribution in [0.15, 0.2) is 6.07 Å². The standard InChI is InChI=1S/C16H28N2O/c1-10(2)15(7-8-19)18-14(6)16-11(3)9-12(4)17-13(16)5/h9-10,14-15,18-19H,7-8H2,1-6H3. The minimum atomic E-state index is 0.229. The molecule has 3 heteroatoms. The first kappa shape index (κ1) is 16.1. The van der Waals surface area contributed by atoms with E-state index < -0.39 is 0 Å². The summed E-state index contributed by atoms with van der Waals surface area (Å²) in [5.41, 5.74) is 4.75. The maximum Gasteiger partial charge on any atom is 0.0445 e. The number of aliphatic hydroxyl groups is 1. The number of hydrogen-bond acceptors (Lipinski definition) is 3. The first-order valence-electron chi connectivity index (χ1n) is 7.18. The van der Waals surface area contributed by atoms with Crippen molar-refractivity contribution < 1.29 is 5.11 Å². The first-order valence-corrected chi connectivity index (χ1v) is 7.18. The summed E-state index contributed by atoms with van der Waals surface area (Å²) in [5.74, 6) is 0.508. The van der Waals surface area contributed by atoms with E-state index in [9.17, 15) is 0 Å².